The molecule has 0 saturated heterocycles. The normalized spacial score (nSPS) is 10.8. The van der Waals surface area contributed by atoms with Gasteiger partial charge in [0.05, 0.1) is 16.9 Å². The number of rotatable bonds is 8. The van der Waals surface area contributed by atoms with Crippen LogP contribution in [0.15, 0.2) is 46.3 Å². The van der Waals surface area contributed by atoms with Crippen LogP contribution in [-0.4, -0.2) is 22.4 Å². The minimum absolute atomic E-state index is 0.0572. The third-order valence-corrected chi connectivity index (χ3v) is 4.60. The van der Waals surface area contributed by atoms with Crippen molar-refractivity contribution in [3.05, 3.63) is 58.5 Å². The first-order chi connectivity index (χ1) is 12.2. The van der Waals surface area contributed by atoms with Crippen molar-refractivity contribution in [3.8, 4) is 11.3 Å². The monoisotopic (exact) mass is 355 g/mol. The van der Waals surface area contributed by atoms with E-state index in [1.54, 1.807) is 17.5 Å². The van der Waals surface area contributed by atoms with Gasteiger partial charge in [0.15, 0.2) is 11.7 Å². The van der Waals surface area contributed by atoms with Gasteiger partial charge in [0.1, 0.15) is 0 Å². The number of aryl methyl sites for hydroxylation is 2. The molecule has 6 heteroatoms. The number of nitrogens with one attached hydrogen (secondary N) is 1. The van der Waals surface area contributed by atoms with Gasteiger partial charge in [-0.15, -0.1) is 11.3 Å². The molecule has 0 fully saturated rings. The van der Waals surface area contributed by atoms with Crippen molar-refractivity contribution in [1.82, 2.24) is 15.3 Å². The summed E-state index contributed by atoms with van der Waals surface area (Å²) in [5, 5.41) is 6.03. The molecule has 0 spiro atoms. The summed E-state index contributed by atoms with van der Waals surface area (Å²) in [4.78, 5) is 20.5. The van der Waals surface area contributed by atoms with Crippen molar-refractivity contribution in [3.63, 3.8) is 0 Å². The van der Waals surface area contributed by atoms with Gasteiger partial charge in [0, 0.05) is 36.8 Å². The van der Waals surface area contributed by atoms with Gasteiger partial charge in [-0.25, -0.2) is 9.97 Å². The highest BCUT2D eigenvalue weighted by Crippen LogP contribution is 2.20. The average molecular weight is 355 g/mol. The minimum Gasteiger partial charge on any atom is -0.441 e. The fourth-order valence-corrected chi connectivity index (χ4v) is 3.15. The standard InChI is InChI=1S/C19H21N3O2S/c1-14-22-16(13-25-14)10-11-20-18(23)8-5-9-19-21-12-17(24-19)15-6-3-2-4-7-15/h2-4,6-7,12-13H,5,8-11H2,1H3,(H,20,23). The van der Waals surface area contributed by atoms with Gasteiger partial charge < -0.3 is 9.73 Å². The van der Waals surface area contributed by atoms with Crippen molar-refractivity contribution < 1.29 is 9.21 Å². The van der Waals surface area contributed by atoms with E-state index in [-0.39, 0.29) is 5.91 Å². The molecule has 1 N–H and O–H groups in total. The SMILES string of the molecule is Cc1nc(CCNC(=O)CCCc2ncc(-c3ccccc3)o2)cs1. The van der Waals surface area contributed by atoms with E-state index in [1.165, 1.54) is 0 Å². The van der Waals surface area contributed by atoms with E-state index in [0.717, 1.165) is 34.9 Å². The zero-order valence-corrected chi connectivity index (χ0v) is 15.0. The third-order valence-electron chi connectivity index (χ3n) is 3.78. The van der Waals surface area contributed by atoms with Crippen LogP contribution in [0.2, 0.25) is 0 Å². The summed E-state index contributed by atoms with van der Waals surface area (Å²) < 4.78 is 5.74. The van der Waals surface area contributed by atoms with Crippen LogP contribution in [0.25, 0.3) is 11.3 Å². The minimum atomic E-state index is 0.0572. The molecule has 1 amide bonds. The number of carbonyl (C=O) groups is 1. The summed E-state index contributed by atoms with van der Waals surface area (Å²) in [5.74, 6) is 1.49. The van der Waals surface area contributed by atoms with Gasteiger partial charge >= 0.3 is 0 Å². The Labute approximate surface area is 151 Å². The quantitative estimate of drug-likeness (QED) is 0.667. The van der Waals surface area contributed by atoms with Crippen molar-refractivity contribution in [2.24, 2.45) is 0 Å². The Morgan fingerprint density at radius 2 is 2.08 bits per heavy atom. The smallest absolute Gasteiger partial charge is 0.220 e. The lowest BCUT2D eigenvalue weighted by Gasteiger charge is -2.03. The van der Waals surface area contributed by atoms with E-state index in [1.807, 2.05) is 42.6 Å². The van der Waals surface area contributed by atoms with Crippen LogP contribution < -0.4 is 5.32 Å². The number of oxazole rings is 1. The zero-order chi connectivity index (χ0) is 17.5. The second-order valence-corrected chi connectivity index (χ2v) is 6.86. The molecule has 1 aromatic carbocycles. The summed E-state index contributed by atoms with van der Waals surface area (Å²) >= 11 is 1.63. The van der Waals surface area contributed by atoms with Crippen LogP contribution in [0.3, 0.4) is 0 Å². The molecule has 3 aromatic rings. The maximum atomic E-state index is 11.9. The molecule has 0 aliphatic rings. The Morgan fingerprint density at radius 3 is 2.84 bits per heavy atom. The summed E-state index contributed by atoms with van der Waals surface area (Å²) in [6.45, 7) is 2.61. The molecule has 0 atom stereocenters. The summed E-state index contributed by atoms with van der Waals surface area (Å²) in [6.07, 6.45) is 4.36. The second-order valence-electron chi connectivity index (χ2n) is 5.80. The van der Waals surface area contributed by atoms with Crippen molar-refractivity contribution in [1.29, 1.82) is 0 Å². The molecule has 0 radical (unpaired) electrons. The molecular weight excluding hydrogens is 334 g/mol. The predicted octanol–water partition coefficient (Wildman–Crippen LogP) is 3.79. The highest BCUT2D eigenvalue weighted by Gasteiger charge is 2.08. The van der Waals surface area contributed by atoms with E-state index >= 15 is 0 Å². The molecule has 130 valence electrons. The maximum Gasteiger partial charge on any atom is 0.220 e. The van der Waals surface area contributed by atoms with E-state index in [4.69, 9.17) is 4.42 Å². The molecule has 5 nitrogen and oxygen atoms in total. The Hall–Kier alpha value is -2.47. The number of hydrogen-bond donors (Lipinski definition) is 1. The highest BCUT2D eigenvalue weighted by molar-refractivity contribution is 7.09. The number of carbonyl (C=O) groups excluding carboxylic acids is 1. The first kappa shape index (κ1) is 17.4. The van der Waals surface area contributed by atoms with E-state index in [9.17, 15) is 4.79 Å². The molecular formula is C19H21N3O2S. The van der Waals surface area contributed by atoms with Crippen LogP contribution in [0.1, 0.15) is 29.4 Å². The predicted molar refractivity (Wildman–Crippen MR) is 98.4 cm³/mol. The van der Waals surface area contributed by atoms with E-state index in [2.05, 4.69) is 15.3 Å². The molecule has 0 saturated carbocycles. The van der Waals surface area contributed by atoms with Crippen molar-refractivity contribution in [2.45, 2.75) is 32.6 Å². The first-order valence-corrected chi connectivity index (χ1v) is 9.26. The Balaban J connectivity index is 1.36. The molecule has 0 aliphatic carbocycles. The van der Waals surface area contributed by atoms with Crippen LogP contribution in [0.5, 0.6) is 0 Å². The fraction of sp³-hybridized carbons (Fsp3) is 0.316. The third kappa shape index (κ3) is 5.26. The van der Waals surface area contributed by atoms with Crippen LogP contribution >= 0.6 is 11.3 Å². The lowest BCUT2D eigenvalue weighted by atomic mass is 10.2. The molecule has 0 aliphatic heterocycles. The number of amides is 1. The largest absolute Gasteiger partial charge is 0.441 e. The summed E-state index contributed by atoms with van der Waals surface area (Å²) in [5.41, 5.74) is 2.05. The van der Waals surface area contributed by atoms with E-state index < -0.39 is 0 Å². The van der Waals surface area contributed by atoms with Crippen LogP contribution in [0, 0.1) is 6.92 Å². The Bertz CT molecular complexity index is 811. The molecule has 25 heavy (non-hydrogen) atoms. The van der Waals surface area contributed by atoms with Crippen LogP contribution in [0.4, 0.5) is 0 Å². The van der Waals surface area contributed by atoms with Gasteiger partial charge in [-0.3, -0.25) is 4.79 Å². The Morgan fingerprint density at radius 1 is 1.24 bits per heavy atom. The number of aromatic nitrogens is 2. The fourth-order valence-electron chi connectivity index (χ4n) is 2.50. The average Bonchev–Trinajstić information content (AvgIpc) is 3.25. The van der Waals surface area contributed by atoms with Gasteiger partial charge in [-0.1, -0.05) is 30.3 Å². The number of thiazole rings is 1. The van der Waals surface area contributed by atoms with Gasteiger partial charge in [0.25, 0.3) is 0 Å². The first-order valence-electron chi connectivity index (χ1n) is 8.38. The number of benzene rings is 1. The van der Waals surface area contributed by atoms with Gasteiger partial charge in [-0.05, 0) is 13.3 Å². The van der Waals surface area contributed by atoms with Crippen molar-refractivity contribution in [2.75, 3.05) is 6.54 Å². The topological polar surface area (TPSA) is 68.0 Å². The van der Waals surface area contributed by atoms with Crippen LogP contribution in [-0.2, 0) is 17.6 Å². The second kappa shape index (κ2) is 8.58. The lowest BCUT2D eigenvalue weighted by Crippen LogP contribution is -2.25. The van der Waals surface area contributed by atoms with Gasteiger partial charge in [-0.2, -0.15) is 0 Å². The molecule has 2 heterocycles. The molecule has 0 unspecified atom stereocenters. The van der Waals surface area contributed by atoms with Gasteiger partial charge in [0.2, 0.25) is 5.91 Å². The number of nitrogens with zero attached hydrogens (tertiary/aromatic N) is 2. The van der Waals surface area contributed by atoms with Crippen molar-refractivity contribution >= 4 is 17.2 Å². The number of hydrogen-bond acceptors (Lipinski definition) is 5. The zero-order valence-electron chi connectivity index (χ0n) is 14.2. The summed E-state index contributed by atoms with van der Waals surface area (Å²) in [7, 11) is 0. The maximum absolute atomic E-state index is 11.9. The summed E-state index contributed by atoms with van der Waals surface area (Å²) in [6, 6.07) is 9.88. The molecule has 0 bridgehead atoms. The molecule has 3 rings (SSSR count). The molecule has 2 aromatic heterocycles. The highest BCUT2D eigenvalue weighted by atomic mass is 32.1. The lowest BCUT2D eigenvalue weighted by molar-refractivity contribution is -0.121. The van der Waals surface area contributed by atoms with E-state index in [0.29, 0.717) is 25.3 Å². The Kier molecular flexibility index (Phi) is 5.95.